The van der Waals surface area contributed by atoms with Gasteiger partial charge in [-0.25, -0.2) is 4.79 Å². The molecule has 0 aliphatic heterocycles. The highest BCUT2D eigenvalue weighted by atomic mass is 35.5. The summed E-state index contributed by atoms with van der Waals surface area (Å²) in [7, 11) is 1.78. The fourth-order valence-electron chi connectivity index (χ4n) is 3.46. The number of carboxylic acids is 1. The number of hydrogen-bond acceptors (Lipinski definition) is 1. The van der Waals surface area contributed by atoms with Crippen molar-refractivity contribution in [1.82, 2.24) is 4.57 Å². The molecule has 3 aromatic carbocycles. The van der Waals surface area contributed by atoms with Crippen LogP contribution in [-0.4, -0.2) is 15.6 Å². The maximum Gasteiger partial charge on any atom is 0.352 e. The maximum atomic E-state index is 11.4. The minimum absolute atomic E-state index is 0.264. The first kappa shape index (κ1) is 18.1. The molecule has 0 radical (unpaired) electrons. The van der Waals surface area contributed by atoms with Gasteiger partial charge in [0.15, 0.2) is 0 Å². The molecule has 0 atom stereocenters. The van der Waals surface area contributed by atoms with Crippen LogP contribution < -0.4 is 0 Å². The number of carbonyl (C=O) groups is 1. The van der Waals surface area contributed by atoms with Crippen molar-refractivity contribution in [3.8, 4) is 33.5 Å². The number of rotatable bonds is 4. The molecule has 0 amide bonds. The van der Waals surface area contributed by atoms with Crippen LogP contribution in [0.3, 0.4) is 0 Å². The van der Waals surface area contributed by atoms with Gasteiger partial charge in [-0.3, -0.25) is 0 Å². The molecule has 4 heteroatoms. The molecule has 138 valence electrons. The van der Waals surface area contributed by atoms with Crippen LogP contribution in [0.25, 0.3) is 33.5 Å². The Kier molecular flexibility index (Phi) is 4.76. The summed E-state index contributed by atoms with van der Waals surface area (Å²) in [6.45, 7) is 0. The SMILES string of the molecule is Cn1c(C(=O)O)ccc1-c1ccccc1-c1cccc(-c2ccc(Cl)cc2)c1. The van der Waals surface area contributed by atoms with Gasteiger partial charge in [-0.1, -0.05) is 66.2 Å². The van der Waals surface area contributed by atoms with Gasteiger partial charge in [0.25, 0.3) is 0 Å². The zero-order valence-corrected chi connectivity index (χ0v) is 16.0. The fraction of sp³-hybridized carbons (Fsp3) is 0.0417. The van der Waals surface area contributed by atoms with E-state index in [1.54, 1.807) is 17.7 Å². The lowest BCUT2D eigenvalue weighted by Crippen LogP contribution is -2.05. The van der Waals surface area contributed by atoms with Crippen molar-refractivity contribution in [2.45, 2.75) is 0 Å². The number of aromatic nitrogens is 1. The van der Waals surface area contributed by atoms with E-state index < -0.39 is 5.97 Å². The van der Waals surface area contributed by atoms with Crippen molar-refractivity contribution in [3.05, 3.63) is 95.6 Å². The molecular formula is C24H18ClNO2. The molecule has 0 saturated carbocycles. The van der Waals surface area contributed by atoms with Gasteiger partial charge in [-0.05, 0) is 52.6 Å². The number of halogens is 1. The van der Waals surface area contributed by atoms with Gasteiger partial charge in [0.2, 0.25) is 0 Å². The lowest BCUT2D eigenvalue weighted by Gasteiger charge is -2.13. The van der Waals surface area contributed by atoms with Crippen molar-refractivity contribution in [2.24, 2.45) is 7.05 Å². The van der Waals surface area contributed by atoms with Gasteiger partial charge in [0.1, 0.15) is 5.69 Å². The predicted octanol–water partition coefficient (Wildman–Crippen LogP) is 6.38. The summed E-state index contributed by atoms with van der Waals surface area (Å²) in [6, 6.07) is 27.6. The summed E-state index contributed by atoms with van der Waals surface area (Å²) in [5.41, 5.74) is 6.44. The molecule has 0 aliphatic carbocycles. The lowest BCUT2D eigenvalue weighted by atomic mass is 9.94. The third-order valence-corrected chi connectivity index (χ3v) is 5.15. The van der Waals surface area contributed by atoms with Gasteiger partial charge < -0.3 is 9.67 Å². The molecule has 4 aromatic rings. The standard InChI is InChI=1S/C24H18ClNO2/c1-26-22(13-14-23(26)24(27)28)21-8-3-2-7-20(21)18-6-4-5-17(15-18)16-9-11-19(25)12-10-16/h2-15H,1H3,(H,27,28). The first-order valence-electron chi connectivity index (χ1n) is 8.89. The van der Waals surface area contributed by atoms with Gasteiger partial charge >= 0.3 is 5.97 Å². The Bertz CT molecular complexity index is 1160. The smallest absolute Gasteiger partial charge is 0.352 e. The van der Waals surface area contributed by atoms with Crippen molar-refractivity contribution in [3.63, 3.8) is 0 Å². The summed E-state index contributed by atoms with van der Waals surface area (Å²) in [5, 5.41) is 10.1. The monoisotopic (exact) mass is 387 g/mol. The summed E-state index contributed by atoms with van der Waals surface area (Å²) in [6.07, 6.45) is 0. The Labute approximate surface area is 168 Å². The summed E-state index contributed by atoms with van der Waals surface area (Å²) in [5.74, 6) is -0.934. The van der Waals surface area contributed by atoms with Crippen LogP contribution in [0, 0.1) is 0 Å². The molecule has 0 saturated heterocycles. The Morgan fingerprint density at radius 1 is 0.786 bits per heavy atom. The van der Waals surface area contributed by atoms with E-state index in [1.165, 1.54) is 0 Å². The van der Waals surface area contributed by atoms with Crippen LogP contribution in [0.4, 0.5) is 0 Å². The van der Waals surface area contributed by atoms with E-state index in [9.17, 15) is 9.90 Å². The molecular weight excluding hydrogens is 370 g/mol. The van der Waals surface area contributed by atoms with E-state index in [1.807, 2.05) is 54.6 Å². The largest absolute Gasteiger partial charge is 0.477 e. The van der Waals surface area contributed by atoms with E-state index in [-0.39, 0.29) is 5.69 Å². The Morgan fingerprint density at radius 3 is 2.14 bits per heavy atom. The Balaban J connectivity index is 1.82. The first-order chi connectivity index (χ1) is 13.5. The third kappa shape index (κ3) is 3.32. The molecule has 0 spiro atoms. The van der Waals surface area contributed by atoms with Crippen molar-refractivity contribution < 1.29 is 9.90 Å². The van der Waals surface area contributed by atoms with Crippen LogP contribution in [-0.2, 0) is 7.05 Å². The second-order valence-corrected chi connectivity index (χ2v) is 7.04. The molecule has 0 unspecified atom stereocenters. The normalized spacial score (nSPS) is 10.8. The van der Waals surface area contributed by atoms with E-state index in [2.05, 4.69) is 24.3 Å². The lowest BCUT2D eigenvalue weighted by molar-refractivity contribution is 0.0686. The Morgan fingerprint density at radius 2 is 1.46 bits per heavy atom. The van der Waals surface area contributed by atoms with Crippen molar-refractivity contribution in [2.75, 3.05) is 0 Å². The number of nitrogens with zero attached hydrogens (tertiary/aromatic N) is 1. The highest BCUT2D eigenvalue weighted by molar-refractivity contribution is 6.30. The number of benzene rings is 3. The average molecular weight is 388 g/mol. The molecule has 3 nitrogen and oxygen atoms in total. The molecule has 28 heavy (non-hydrogen) atoms. The highest BCUT2D eigenvalue weighted by Gasteiger charge is 2.15. The number of carboxylic acid groups (broad SMARTS) is 1. The summed E-state index contributed by atoms with van der Waals surface area (Å²) >= 11 is 6.01. The first-order valence-corrected chi connectivity index (χ1v) is 9.27. The summed E-state index contributed by atoms with van der Waals surface area (Å²) in [4.78, 5) is 11.4. The zero-order chi connectivity index (χ0) is 19.7. The van der Waals surface area contributed by atoms with Gasteiger partial charge in [-0.15, -0.1) is 0 Å². The second-order valence-electron chi connectivity index (χ2n) is 6.60. The minimum atomic E-state index is -0.934. The van der Waals surface area contributed by atoms with Crippen molar-refractivity contribution >= 4 is 17.6 Å². The van der Waals surface area contributed by atoms with Crippen LogP contribution in [0.15, 0.2) is 84.9 Å². The van der Waals surface area contributed by atoms with Crippen LogP contribution in [0.5, 0.6) is 0 Å². The van der Waals surface area contributed by atoms with Gasteiger partial charge in [0.05, 0.1) is 0 Å². The van der Waals surface area contributed by atoms with Gasteiger partial charge in [-0.2, -0.15) is 0 Å². The fourth-order valence-corrected chi connectivity index (χ4v) is 3.59. The molecule has 0 aliphatic rings. The quantitative estimate of drug-likeness (QED) is 0.441. The van der Waals surface area contributed by atoms with E-state index in [0.717, 1.165) is 33.5 Å². The highest BCUT2D eigenvalue weighted by Crippen LogP contribution is 2.34. The zero-order valence-electron chi connectivity index (χ0n) is 15.3. The van der Waals surface area contributed by atoms with Crippen LogP contribution >= 0.6 is 11.6 Å². The minimum Gasteiger partial charge on any atom is -0.477 e. The van der Waals surface area contributed by atoms with Crippen LogP contribution in [0.2, 0.25) is 5.02 Å². The number of hydrogen-bond donors (Lipinski definition) is 1. The van der Waals surface area contributed by atoms with E-state index in [0.29, 0.717) is 5.02 Å². The summed E-state index contributed by atoms with van der Waals surface area (Å²) < 4.78 is 1.71. The van der Waals surface area contributed by atoms with Gasteiger partial charge in [0, 0.05) is 23.3 Å². The Hall–Kier alpha value is -3.30. The predicted molar refractivity (Wildman–Crippen MR) is 114 cm³/mol. The maximum absolute atomic E-state index is 11.4. The second kappa shape index (κ2) is 7.37. The number of aromatic carboxylic acids is 1. The molecule has 4 rings (SSSR count). The third-order valence-electron chi connectivity index (χ3n) is 4.90. The average Bonchev–Trinajstić information content (AvgIpc) is 3.10. The molecule has 1 N–H and O–H groups in total. The van der Waals surface area contributed by atoms with E-state index in [4.69, 9.17) is 11.6 Å². The molecule has 0 bridgehead atoms. The molecule has 0 fully saturated rings. The van der Waals surface area contributed by atoms with Crippen molar-refractivity contribution in [1.29, 1.82) is 0 Å². The topological polar surface area (TPSA) is 42.2 Å². The van der Waals surface area contributed by atoms with Crippen LogP contribution in [0.1, 0.15) is 10.5 Å². The molecule has 1 heterocycles. The van der Waals surface area contributed by atoms with E-state index >= 15 is 0 Å². The molecule has 1 aromatic heterocycles.